The van der Waals surface area contributed by atoms with Gasteiger partial charge in [0.05, 0.1) is 5.39 Å². The molecule has 0 atom stereocenters. The molecule has 2 heterocycles. The number of aromatic amines is 1. The third-order valence-electron chi connectivity index (χ3n) is 4.07. The molecule has 0 aliphatic carbocycles. The van der Waals surface area contributed by atoms with Crippen molar-refractivity contribution in [2.75, 3.05) is 5.32 Å². The molecule has 2 aromatic carbocycles. The van der Waals surface area contributed by atoms with Crippen molar-refractivity contribution in [2.45, 2.75) is 6.54 Å². The monoisotopic (exact) mass is 362 g/mol. The maximum Gasteiger partial charge on any atom is 0.262 e. The number of nitrogens with zero attached hydrogens (tertiary/aromatic N) is 2. The number of anilines is 1. The number of hydrogen-bond acceptors (Lipinski definition) is 4. The van der Waals surface area contributed by atoms with Gasteiger partial charge in [0.25, 0.3) is 5.56 Å². The molecule has 0 saturated carbocycles. The normalized spacial score (nSPS) is 10.8. The quantitative estimate of drug-likeness (QED) is 0.569. The van der Waals surface area contributed by atoms with E-state index in [2.05, 4.69) is 20.3 Å². The van der Waals surface area contributed by atoms with Gasteiger partial charge in [-0.1, -0.05) is 54.1 Å². The first-order chi connectivity index (χ1) is 12.7. The SMILES string of the molecule is O=c1[nH]c(NCc2ccccc2)nc2nccc(-c3ccc(Cl)cc3)c12. The van der Waals surface area contributed by atoms with Gasteiger partial charge in [0.2, 0.25) is 5.95 Å². The Kier molecular flexibility index (Phi) is 4.37. The van der Waals surface area contributed by atoms with Gasteiger partial charge in [-0.15, -0.1) is 0 Å². The molecule has 5 nitrogen and oxygen atoms in total. The van der Waals surface area contributed by atoms with Crippen molar-refractivity contribution >= 4 is 28.6 Å². The standard InChI is InChI=1S/C20H15ClN4O/c21-15-8-6-14(7-9-15)16-10-11-22-18-17(16)19(26)25-20(24-18)23-12-13-4-2-1-3-5-13/h1-11H,12H2,(H2,22,23,24,25,26). The molecule has 0 fully saturated rings. The number of benzene rings is 2. The highest BCUT2D eigenvalue weighted by molar-refractivity contribution is 6.30. The summed E-state index contributed by atoms with van der Waals surface area (Å²) in [7, 11) is 0. The summed E-state index contributed by atoms with van der Waals surface area (Å²) in [6, 6.07) is 19.0. The summed E-state index contributed by atoms with van der Waals surface area (Å²) >= 11 is 5.95. The van der Waals surface area contributed by atoms with Crippen molar-refractivity contribution in [1.82, 2.24) is 15.0 Å². The molecular weight excluding hydrogens is 348 g/mol. The minimum atomic E-state index is -0.233. The average Bonchev–Trinajstić information content (AvgIpc) is 2.67. The van der Waals surface area contributed by atoms with Gasteiger partial charge in [-0.2, -0.15) is 4.98 Å². The summed E-state index contributed by atoms with van der Waals surface area (Å²) in [4.78, 5) is 24.2. The lowest BCUT2D eigenvalue weighted by atomic mass is 10.0. The van der Waals surface area contributed by atoms with Gasteiger partial charge < -0.3 is 5.32 Å². The molecule has 0 spiro atoms. The van der Waals surface area contributed by atoms with Crippen LogP contribution in [0.4, 0.5) is 5.95 Å². The molecule has 0 aliphatic rings. The lowest BCUT2D eigenvalue weighted by Gasteiger charge is -2.09. The second kappa shape index (κ2) is 6.98. The second-order valence-electron chi connectivity index (χ2n) is 5.82. The molecule has 0 unspecified atom stereocenters. The van der Waals surface area contributed by atoms with Crippen LogP contribution in [-0.4, -0.2) is 15.0 Å². The van der Waals surface area contributed by atoms with E-state index in [0.717, 1.165) is 16.7 Å². The zero-order valence-electron chi connectivity index (χ0n) is 13.7. The largest absolute Gasteiger partial charge is 0.352 e. The van der Waals surface area contributed by atoms with Crippen LogP contribution < -0.4 is 10.9 Å². The van der Waals surface area contributed by atoms with Crippen LogP contribution in [0.1, 0.15) is 5.56 Å². The van der Waals surface area contributed by atoms with E-state index < -0.39 is 0 Å². The molecule has 0 radical (unpaired) electrons. The number of pyridine rings is 1. The van der Waals surface area contributed by atoms with E-state index in [1.807, 2.05) is 42.5 Å². The minimum Gasteiger partial charge on any atom is -0.352 e. The molecule has 0 aliphatic heterocycles. The Morgan fingerprint density at radius 1 is 1.00 bits per heavy atom. The predicted molar refractivity (Wildman–Crippen MR) is 104 cm³/mol. The maximum absolute atomic E-state index is 12.7. The predicted octanol–water partition coefficient (Wildman–Crippen LogP) is 4.25. The van der Waals surface area contributed by atoms with Crippen LogP contribution in [0.25, 0.3) is 22.2 Å². The fourth-order valence-corrected chi connectivity index (χ4v) is 2.92. The third kappa shape index (κ3) is 3.30. The molecule has 2 N–H and O–H groups in total. The summed E-state index contributed by atoms with van der Waals surface area (Å²) in [6.45, 7) is 0.562. The number of H-pyrrole nitrogens is 1. The van der Waals surface area contributed by atoms with Crippen LogP contribution in [0.3, 0.4) is 0 Å². The highest BCUT2D eigenvalue weighted by atomic mass is 35.5. The highest BCUT2D eigenvalue weighted by Gasteiger charge is 2.11. The summed E-state index contributed by atoms with van der Waals surface area (Å²) in [6.07, 6.45) is 1.65. The van der Waals surface area contributed by atoms with E-state index >= 15 is 0 Å². The maximum atomic E-state index is 12.7. The zero-order valence-corrected chi connectivity index (χ0v) is 14.5. The van der Waals surface area contributed by atoms with Gasteiger partial charge in [-0.05, 0) is 34.9 Å². The zero-order chi connectivity index (χ0) is 17.9. The average molecular weight is 363 g/mol. The van der Waals surface area contributed by atoms with Crippen LogP contribution in [0.15, 0.2) is 71.7 Å². The Hall–Kier alpha value is -3.18. The van der Waals surface area contributed by atoms with Crippen molar-refractivity contribution in [3.63, 3.8) is 0 Å². The first-order valence-electron chi connectivity index (χ1n) is 8.13. The van der Waals surface area contributed by atoms with E-state index in [9.17, 15) is 4.79 Å². The summed E-state index contributed by atoms with van der Waals surface area (Å²) in [5, 5.41) is 4.24. The van der Waals surface area contributed by atoms with Gasteiger partial charge in [0, 0.05) is 17.8 Å². The Balaban J connectivity index is 1.72. The third-order valence-corrected chi connectivity index (χ3v) is 4.32. The van der Waals surface area contributed by atoms with E-state index in [4.69, 9.17) is 11.6 Å². The first kappa shape index (κ1) is 16.3. The Morgan fingerprint density at radius 3 is 2.54 bits per heavy atom. The Morgan fingerprint density at radius 2 is 1.77 bits per heavy atom. The van der Waals surface area contributed by atoms with Gasteiger partial charge in [-0.3, -0.25) is 9.78 Å². The van der Waals surface area contributed by atoms with Gasteiger partial charge in [0.15, 0.2) is 5.65 Å². The van der Waals surface area contributed by atoms with E-state index in [1.165, 1.54) is 0 Å². The summed E-state index contributed by atoms with van der Waals surface area (Å²) < 4.78 is 0. The number of hydrogen-bond donors (Lipinski definition) is 2. The van der Waals surface area contributed by atoms with Crippen LogP contribution >= 0.6 is 11.6 Å². The Labute approximate surface area is 154 Å². The van der Waals surface area contributed by atoms with Crippen LogP contribution in [-0.2, 0) is 6.54 Å². The van der Waals surface area contributed by atoms with Gasteiger partial charge in [-0.25, -0.2) is 4.98 Å². The molecule has 0 bridgehead atoms. The molecule has 128 valence electrons. The summed E-state index contributed by atoms with van der Waals surface area (Å²) in [5.74, 6) is 0.395. The fraction of sp³-hybridized carbons (Fsp3) is 0.0500. The molecular formula is C20H15ClN4O. The Bertz CT molecular complexity index is 1110. The number of nitrogens with one attached hydrogen (secondary N) is 2. The molecule has 0 amide bonds. The molecule has 0 saturated heterocycles. The van der Waals surface area contributed by atoms with Crippen molar-refractivity contribution < 1.29 is 0 Å². The smallest absolute Gasteiger partial charge is 0.262 e. The van der Waals surface area contributed by atoms with Crippen molar-refractivity contribution in [2.24, 2.45) is 0 Å². The lowest BCUT2D eigenvalue weighted by Crippen LogP contribution is -2.14. The number of aromatic nitrogens is 3. The van der Waals surface area contributed by atoms with Crippen LogP contribution in [0.5, 0.6) is 0 Å². The van der Waals surface area contributed by atoms with E-state index in [-0.39, 0.29) is 5.56 Å². The first-order valence-corrected chi connectivity index (χ1v) is 8.51. The number of halogens is 1. The van der Waals surface area contributed by atoms with Gasteiger partial charge in [0.1, 0.15) is 0 Å². The van der Waals surface area contributed by atoms with E-state index in [1.54, 1.807) is 24.4 Å². The molecule has 4 aromatic rings. The van der Waals surface area contributed by atoms with Gasteiger partial charge >= 0.3 is 0 Å². The molecule has 4 rings (SSSR count). The van der Waals surface area contributed by atoms with Crippen LogP contribution in [0, 0.1) is 0 Å². The molecule has 26 heavy (non-hydrogen) atoms. The second-order valence-corrected chi connectivity index (χ2v) is 6.25. The topological polar surface area (TPSA) is 70.7 Å². The van der Waals surface area contributed by atoms with Crippen molar-refractivity contribution in [3.8, 4) is 11.1 Å². The molecule has 6 heteroatoms. The van der Waals surface area contributed by atoms with E-state index in [0.29, 0.717) is 28.5 Å². The number of rotatable bonds is 4. The van der Waals surface area contributed by atoms with Crippen molar-refractivity contribution in [3.05, 3.63) is 87.8 Å². The van der Waals surface area contributed by atoms with Crippen LogP contribution in [0.2, 0.25) is 5.02 Å². The fourth-order valence-electron chi connectivity index (χ4n) is 2.80. The minimum absolute atomic E-state index is 0.233. The molecule has 2 aromatic heterocycles. The lowest BCUT2D eigenvalue weighted by molar-refractivity contribution is 1.05. The van der Waals surface area contributed by atoms with Crippen molar-refractivity contribution in [1.29, 1.82) is 0 Å². The highest BCUT2D eigenvalue weighted by Crippen LogP contribution is 2.25. The number of fused-ring (bicyclic) bond motifs is 1. The summed E-state index contributed by atoms with van der Waals surface area (Å²) in [5.41, 5.74) is 2.92.